The SMILES string of the molecule is O=C(c1ccccc1I)N1CCC2(CC1)OCCS2. The number of amides is 1. The maximum absolute atomic E-state index is 12.5. The molecule has 0 aliphatic carbocycles. The summed E-state index contributed by atoms with van der Waals surface area (Å²) in [5.74, 6) is 1.24. The Morgan fingerprint density at radius 3 is 2.68 bits per heavy atom. The Kier molecular flexibility index (Phi) is 4.05. The van der Waals surface area contributed by atoms with Gasteiger partial charge in [-0.25, -0.2) is 0 Å². The van der Waals surface area contributed by atoms with Gasteiger partial charge in [-0.05, 0) is 34.7 Å². The number of carbonyl (C=O) groups is 1. The number of piperidine rings is 1. The van der Waals surface area contributed by atoms with Crippen molar-refractivity contribution < 1.29 is 9.53 Å². The third-order valence-corrected chi connectivity index (χ3v) is 6.09. The number of likely N-dealkylation sites (tertiary alicyclic amines) is 1. The topological polar surface area (TPSA) is 29.5 Å². The number of carbonyl (C=O) groups excluding carboxylic acids is 1. The van der Waals surface area contributed by atoms with Crippen molar-refractivity contribution in [3.8, 4) is 0 Å². The fraction of sp³-hybridized carbons (Fsp3) is 0.500. The molecule has 2 fully saturated rings. The van der Waals surface area contributed by atoms with Crippen LogP contribution in [0.3, 0.4) is 0 Å². The van der Waals surface area contributed by atoms with E-state index in [1.54, 1.807) is 0 Å². The molecule has 2 saturated heterocycles. The molecule has 1 spiro atoms. The minimum absolute atomic E-state index is 0.000618. The highest BCUT2D eigenvalue weighted by Crippen LogP contribution is 2.41. The van der Waals surface area contributed by atoms with Gasteiger partial charge in [0.05, 0.1) is 12.2 Å². The molecule has 1 aromatic rings. The smallest absolute Gasteiger partial charge is 0.254 e. The summed E-state index contributed by atoms with van der Waals surface area (Å²) in [5.41, 5.74) is 0.819. The van der Waals surface area contributed by atoms with E-state index in [1.165, 1.54) is 0 Å². The molecular formula is C14H16INO2S. The van der Waals surface area contributed by atoms with Gasteiger partial charge in [0.2, 0.25) is 0 Å². The van der Waals surface area contributed by atoms with Crippen LogP contribution in [0.2, 0.25) is 0 Å². The van der Waals surface area contributed by atoms with Gasteiger partial charge in [-0.3, -0.25) is 4.79 Å². The van der Waals surface area contributed by atoms with Gasteiger partial charge in [0.25, 0.3) is 5.91 Å². The van der Waals surface area contributed by atoms with Crippen molar-refractivity contribution in [2.45, 2.75) is 17.8 Å². The van der Waals surface area contributed by atoms with Crippen LogP contribution in [0.1, 0.15) is 23.2 Å². The minimum atomic E-state index is 0.000618. The zero-order valence-corrected chi connectivity index (χ0v) is 13.6. The van der Waals surface area contributed by atoms with Crippen molar-refractivity contribution in [3.63, 3.8) is 0 Å². The normalized spacial score (nSPS) is 21.8. The van der Waals surface area contributed by atoms with Crippen LogP contribution in [0.5, 0.6) is 0 Å². The number of hydrogen-bond acceptors (Lipinski definition) is 3. The average Bonchev–Trinajstić information content (AvgIpc) is 2.88. The summed E-state index contributed by atoms with van der Waals surface area (Å²) < 4.78 is 6.89. The summed E-state index contributed by atoms with van der Waals surface area (Å²) in [6.45, 7) is 2.46. The summed E-state index contributed by atoms with van der Waals surface area (Å²) >= 11 is 4.14. The second-order valence-corrected chi connectivity index (χ2v) is 7.48. The number of thioether (sulfide) groups is 1. The molecule has 0 atom stereocenters. The lowest BCUT2D eigenvalue weighted by molar-refractivity contribution is 0.00350. The number of hydrogen-bond donors (Lipinski definition) is 0. The van der Waals surface area contributed by atoms with Crippen LogP contribution in [0, 0.1) is 3.57 Å². The van der Waals surface area contributed by atoms with Crippen molar-refractivity contribution >= 4 is 40.3 Å². The van der Waals surface area contributed by atoms with Crippen LogP contribution in [0.15, 0.2) is 24.3 Å². The summed E-state index contributed by atoms with van der Waals surface area (Å²) in [5, 5.41) is 0. The quantitative estimate of drug-likeness (QED) is 0.692. The summed E-state index contributed by atoms with van der Waals surface area (Å²) in [4.78, 5) is 14.5. The molecule has 1 amide bonds. The van der Waals surface area contributed by atoms with Crippen molar-refractivity contribution in [2.24, 2.45) is 0 Å². The molecule has 2 heterocycles. The summed E-state index contributed by atoms with van der Waals surface area (Å²) in [6, 6.07) is 7.79. The lowest BCUT2D eigenvalue weighted by Crippen LogP contribution is -2.45. The van der Waals surface area contributed by atoms with Crippen molar-refractivity contribution in [1.82, 2.24) is 4.90 Å². The highest BCUT2D eigenvalue weighted by Gasteiger charge is 2.40. The summed E-state index contributed by atoms with van der Waals surface area (Å²) in [6.07, 6.45) is 1.90. The second-order valence-electron chi connectivity index (χ2n) is 4.88. The largest absolute Gasteiger partial charge is 0.363 e. The van der Waals surface area contributed by atoms with Gasteiger partial charge in [0.1, 0.15) is 4.93 Å². The van der Waals surface area contributed by atoms with Gasteiger partial charge < -0.3 is 9.64 Å². The van der Waals surface area contributed by atoms with Crippen LogP contribution in [0.25, 0.3) is 0 Å². The van der Waals surface area contributed by atoms with Crippen LogP contribution in [-0.4, -0.2) is 41.2 Å². The van der Waals surface area contributed by atoms with E-state index in [0.717, 1.165) is 47.4 Å². The standard InChI is InChI=1S/C14H16INO2S/c15-12-4-2-1-3-11(12)13(17)16-7-5-14(6-8-16)18-9-10-19-14/h1-4H,5-10H2. The third kappa shape index (κ3) is 2.78. The van der Waals surface area contributed by atoms with Gasteiger partial charge in [-0.1, -0.05) is 12.1 Å². The number of benzene rings is 1. The van der Waals surface area contributed by atoms with Crippen LogP contribution in [0.4, 0.5) is 0 Å². The van der Waals surface area contributed by atoms with Crippen molar-refractivity contribution in [2.75, 3.05) is 25.4 Å². The first-order valence-electron chi connectivity index (χ1n) is 6.52. The molecule has 102 valence electrons. The lowest BCUT2D eigenvalue weighted by atomic mass is 10.1. The molecule has 5 heteroatoms. The number of ether oxygens (including phenoxy) is 1. The first-order chi connectivity index (χ1) is 9.20. The highest BCUT2D eigenvalue weighted by atomic mass is 127. The van der Waals surface area contributed by atoms with Gasteiger partial charge in [-0.2, -0.15) is 0 Å². The Labute approximate surface area is 131 Å². The van der Waals surface area contributed by atoms with E-state index >= 15 is 0 Å². The van der Waals surface area contributed by atoms with E-state index in [0.29, 0.717) is 0 Å². The first-order valence-corrected chi connectivity index (χ1v) is 8.58. The van der Waals surface area contributed by atoms with E-state index in [9.17, 15) is 4.79 Å². The van der Waals surface area contributed by atoms with Crippen molar-refractivity contribution in [3.05, 3.63) is 33.4 Å². The Morgan fingerprint density at radius 1 is 1.32 bits per heavy atom. The maximum Gasteiger partial charge on any atom is 0.254 e. The third-order valence-electron chi connectivity index (χ3n) is 3.73. The summed E-state index contributed by atoms with van der Waals surface area (Å²) in [7, 11) is 0. The van der Waals surface area contributed by atoms with Gasteiger partial charge in [0.15, 0.2) is 0 Å². The number of rotatable bonds is 1. The van der Waals surface area contributed by atoms with Gasteiger partial charge in [-0.15, -0.1) is 11.8 Å². The van der Waals surface area contributed by atoms with Crippen molar-refractivity contribution in [1.29, 1.82) is 0 Å². The molecule has 3 nitrogen and oxygen atoms in total. The minimum Gasteiger partial charge on any atom is -0.363 e. The maximum atomic E-state index is 12.5. The molecule has 2 aliphatic heterocycles. The predicted octanol–water partition coefficient (Wildman–Crippen LogP) is 2.99. The Balaban J connectivity index is 1.68. The fourth-order valence-corrected chi connectivity index (χ4v) is 4.44. The average molecular weight is 389 g/mol. The highest BCUT2D eigenvalue weighted by molar-refractivity contribution is 14.1. The zero-order chi connectivity index (χ0) is 13.3. The van der Waals surface area contributed by atoms with E-state index < -0.39 is 0 Å². The molecular weight excluding hydrogens is 373 g/mol. The molecule has 3 rings (SSSR count). The van der Waals surface area contributed by atoms with E-state index in [2.05, 4.69) is 22.6 Å². The Bertz CT molecular complexity index is 478. The van der Waals surface area contributed by atoms with Gasteiger partial charge >= 0.3 is 0 Å². The van der Waals surface area contributed by atoms with Gasteiger partial charge in [0, 0.05) is 35.3 Å². The monoisotopic (exact) mass is 389 g/mol. The Hall–Kier alpha value is -0.270. The molecule has 0 bridgehead atoms. The van der Waals surface area contributed by atoms with Crippen LogP contribution in [-0.2, 0) is 4.74 Å². The first kappa shape index (κ1) is 13.7. The molecule has 0 saturated carbocycles. The molecule has 0 aromatic heterocycles. The fourth-order valence-electron chi connectivity index (χ4n) is 2.64. The van der Waals surface area contributed by atoms with Crippen LogP contribution < -0.4 is 0 Å². The lowest BCUT2D eigenvalue weighted by Gasteiger charge is -2.38. The zero-order valence-electron chi connectivity index (χ0n) is 10.6. The van der Waals surface area contributed by atoms with E-state index in [1.807, 2.05) is 40.9 Å². The molecule has 1 aromatic carbocycles. The number of halogens is 1. The Morgan fingerprint density at radius 2 is 2.05 bits per heavy atom. The van der Waals surface area contributed by atoms with E-state index in [-0.39, 0.29) is 10.8 Å². The second kappa shape index (κ2) is 5.61. The molecule has 2 aliphatic rings. The molecule has 0 unspecified atom stereocenters. The predicted molar refractivity (Wildman–Crippen MR) is 85.4 cm³/mol. The van der Waals surface area contributed by atoms with Crippen LogP contribution >= 0.6 is 34.4 Å². The number of nitrogens with zero attached hydrogens (tertiary/aromatic N) is 1. The molecule has 19 heavy (non-hydrogen) atoms. The molecule has 0 N–H and O–H groups in total. The van der Waals surface area contributed by atoms with E-state index in [4.69, 9.17) is 4.74 Å². The molecule has 0 radical (unpaired) electrons.